The first-order valence-electron chi connectivity index (χ1n) is 6.60. The maximum absolute atomic E-state index is 12.0. The highest BCUT2D eigenvalue weighted by atomic mass is 35.5. The number of hydrogen-bond acceptors (Lipinski definition) is 2. The lowest BCUT2D eigenvalue weighted by atomic mass is 10.1. The quantitative estimate of drug-likeness (QED) is 0.829. The zero-order valence-electron chi connectivity index (χ0n) is 11.3. The van der Waals surface area contributed by atoms with E-state index in [2.05, 4.69) is 12.2 Å². The highest BCUT2D eigenvalue weighted by Gasteiger charge is 2.17. The highest BCUT2D eigenvalue weighted by Crippen LogP contribution is 2.27. The summed E-state index contributed by atoms with van der Waals surface area (Å²) in [5.74, 6) is 0.231. The second-order valence-corrected chi connectivity index (χ2v) is 5.10. The van der Waals surface area contributed by atoms with Crippen molar-refractivity contribution in [2.45, 2.75) is 33.1 Å². The summed E-state index contributed by atoms with van der Waals surface area (Å²) in [6.07, 6.45) is 3.25. The molecule has 3 nitrogen and oxygen atoms in total. The Balaban J connectivity index is 2.16. The van der Waals surface area contributed by atoms with E-state index in [4.69, 9.17) is 16.0 Å². The summed E-state index contributed by atoms with van der Waals surface area (Å²) < 4.78 is 5.60. The summed E-state index contributed by atoms with van der Waals surface area (Å²) in [5.41, 5.74) is 1.53. The van der Waals surface area contributed by atoms with Crippen molar-refractivity contribution in [3.05, 3.63) is 34.5 Å². The molecular formula is C15H18ClNO2. The van der Waals surface area contributed by atoms with E-state index in [1.807, 2.05) is 13.0 Å². The molecule has 0 aliphatic heterocycles. The molecule has 0 radical (unpaired) electrons. The summed E-state index contributed by atoms with van der Waals surface area (Å²) in [7, 11) is 0. The van der Waals surface area contributed by atoms with Gasteiger partial charge in [-0.2, -0.15) is 0 Å². The Bertz CT molecular complexity index is 589. The molecule has 2 rings (SSSR count). The van der Waals surface area contributed by atoms with Gasteiger partial charge in [0, 0.05) is 22.5 Å². The van der Waals surface area contributed by atoms with Crippen LogP contribution in [0.3, 0.4) is 0 Å². The van der Waals surface area contributed by atoms with Crippen molar-refractivity contribution in [3.63, 3.8) is 0 Å². The van der Waals surface area contributed by atoms with Gasteiger partial charge >= 0.3 is 0 Å². The first-order valence-corrected chi connectivity index (χ1v) is 6.98. The lowest BCUT2D eigenvalue weighted by Crippen LogP contribution is -2.24. The molecule has 0 aliphatic carbocycles. The lowest BCUT2D eigenvalue weighted by Gasteiger charge is -2.02. The number of carbonyl (C=O) groups excluding carboxylic acids is 1. The van der Waals surface area contributed by atoms with Crippen LogP contribution in [0.2, 0.25) is 5.02 Å². The van der Waals surface area contributed by atoms with Crippen LogP contribution >= 0.6 is 11.6 Å². The van der Waals surface area contributed by atoms with Gasteiger partial charge in [-0.1, -0.05) is 31.4 Å². The topological polar surface area (TPSA) is 42.2 Å². The third-order valence-electron chi connectivity index (χ3n) is 3.17. The molecule has 0 saturated heterocycles. The van der Waals surface area contributed by atoms with Gasteiger partial charge < -0.3 is 9.73 Å². The van der Waals surface area contributed by atoms with Gasteiger partial charge in [-0.05, 0) is 31.5 Å². The fourth-order valence-corrected chi connectivity index (χ4v) is 2.24. The second-order valence-electron chi connectivity index (χ2n) is 4.66. The molecule has 1 aromatic heterocycles. The number of hydrogen-bond donors (Lipinski definition) is 1. The summed E-state index contributed by atoms with van der Waals surface area (Å²) in [6.45, 7) is 4.70. The van der Waals surface area contributed by atoms with E-state index in [0.29, 0.717) is 22.9 Å². The average Bonchev–Trinajstić information content (AvgIpc) is 2.72. The minimum Gasteiger partial charge on any atom is -0.451 e. The number of carbonyl (C=O) groups is 1. The number of amides is 1. The van der Waals surface area contributed by atoms with Gasteiger partial charge in [-0.15, -0.1) is 0 Å². The smallest absolute Gasteiger partial charge is 0.287 e. The lowest BCUT2D eigenvalue weighted by molar-refractivity contribution is 0.0926. The summed E-state index contributed by atoms with van der Waals surface area (Å²) in [4.78, 5) is 12.0. The highest BCUT2D eigenvalue weighted by molar-refractivity contribution is 6.31. The van der Waals surface area contributed by atoms with Crippen LogP contribution in [0.15, 0.2) is 22.6 Å². The fraction of sp³-hybridized carbons (Fsp3) is 0.400. The maximum atomic E-state index is 12.0. The van der Waals surface area contributed by atoms with Gasteiger partial charge in [0.1, 0.15) is 5.58 Å². The summed E-state index contributed by atoms with van der Waals surface area (Å²) >= 11 is 5.96. The molecule has 1 amide bonds. The van der Waals surface area contributed by atoms with Crippen LogP contribution in [0.25, 0.3) is 11.0 Å². The standard InChI is InChI=1S/C15H18ClNO2/c1-3-4-5-8-17-15(18)14-10(2)12-9-11(16)6-7-13(12)19-14/h6-7,9H,3-5,8H2,1-2H3,(H,17,18). The first kappa shape index (κ1) is 13.9. The molecule has 0 spiro atoms. The van der Waals surface area contributed by atoms with Crippen molar-refractivity contribution < 1.29 is 9.21 Å². The van der Waals surface area contributed by atoms with Crippen molar-refractivity contribution in [3.8, 4) is 0 Å². The zero-order valence-corrected chi connectivity index (χ0v) is 12.0. The molecule has 0 bridgehead atoms. The Hall–Kier alpha value is -1.48. The number of nitrogens with one attached hydrogen (secondary N) is 1. The van der Waals surface area contributed by atoms with Crippen LogP contribution in [0.1, 0.15) is 42.3 Å². The number of rotatable bonds is 5. The number of unbranched alkanes of at least 4 members (excludes halogenated alkanes) is 2. The monoisotopic (exact) mass is 279 g/mol. The fourth-order valence-electron chi connectivity index (χ4n) is 2.07. The van der Waals surface area contributed by atoms with E-state index in [-0.39, 0.29) is 5.91 Å². The van der Waals surface area contributed by atoms with Crippen LogP contribution in [-0.4, -0.2) is 12.5 Å². The third kappa shape index (κ3) is 3.10. The Labute approximate surface area is 117 Å². The van der Waals surface area contributed by atoms with Gasteiger partial charge in [0.05, 0.1) is 0 Å². The van der Waals surface area contributed by atoms with Gasteiger partial charge in [0.2, 0.25) is 0 Å². The van der Waals surface area contributed by atoms with Crippen molar-refractivity contribution in [1.29, 1.82) is 0 Å². The summed E-state index contributed by atoms with van der Waals surface area (Å²) in [5, 5.41) is 4.42. The average molecular weight is 280 g/mol. The van der Waals surface area contributed by atoms with Crippen LogP contribution < -0.4 is 5.32 Å². The summed E-state index contributed by atoms with van der Waals surface area (Å²) in [6, 6.07) is 5.37. The number of benzene rings is 1. The van der Waals surface area contributed by atoms with Crippen LogP contribution in [0, 0.1) is 6.92 Å². The van der Waals surface area contributed by atoms with Crippen molar-refractivity contribution in [1.82, 2.24) is 5.32 Å². The van der Waals surface area contributed by atoms with Crippen molar-refractivity contribution in [2.75, 3.05) is 6.54 Å². The zero-order chi connectivity index (χ0) is 13.8. The van der Waals surface area contributed by atoms with Gasteiger partial charge in [-0.25, -0.2) is 0 Å². The molecule has 1 N–H and O–H groups in total. The van der Waals surface area contributed by atoms with Crippen LogP contribution in [0.4, 0.5) is 0 Å². The molecular weight excluding hydrogens is 262 g/mol. The van der Waals surface area contributed by atoms with Gasteiger partial charge in [0.25, 0.3) is 5.91 Å². The second kappa shape index (κ2) is 6.11. The Kier molecular flexibility index (Phi) is 4.48. The molecule has 0 unspecified atom stereocenters. The molecule has 0 atom stereocenters. The Morgan fingerprint density at radius 2 is 2.16 bits per heavy atom. The number of halogens is 1. The van der Waals surface area contributed by atoms with E-state index in [1.54, 1.807) is 12.1 Å². The molecule has 102 valence electrons. The molecule has 4 heteroatoms. The predicted molar refractivity (Wildman–Crippen MR) is 77.8 cm³/mol. The molecule has 0 aliphatic rings. The SMILES string of the molecule is CCCCCNC(=O)c1oc2ccc(Cl)cc2c1C. The van der Waals surface area contributed by atoms with Gasteiger partial charge in [-0.3, -0.25) is 4.79 Å². The normalized spacial score (nSPS) is 10.9. The van der Waals surface area contributed by atoms with E-state index < -0.39 is 0 Å². The van der Waals surface area contributed by atoms with E-state index in [0.717, 1.165) is 30.2 Å². The minimum atomic E-state index is -0.152. The minimum absolute atomic E-state index is 0.152. The molecule has 1 aromatic carbocycles. The van der Waals surface area contributed by atoms with Gasteiger partial charge in [0.15, 0.2) is 5.76 Å². The largest absolute Gasteiger partial charge is 0.451 e. The first-order chi connectivity index (χ1) is 9.13. The van der Waals surface area contributed by atoms with E-state index in [1.165, 1.54) is 0 Å². The molecule has 0 saturated carbocycles. The van der Waals surface area contributed by atoms with Crippen LogP contribution in [-0.2, 0) is 0 Å². The number of furan rings is 1. The number of aryl methyl sites for hydroxylation is 1. The van der Waals surface area contributed by atoms with Crippen molar-refractivity contribution in [2.24, 2.45) is 0 Å². The molecule has 0 fully saturated rings. The Morgan fingerprint density at radius 1 is 1.37 bits per heavy atom. The van der Waals surface area contributed by atoms with Crippen LogP contribution in [0.5, 0.6) is 0 Å². The molecule has 2 aromatic rings. The van der Waals surface area contributed by atoms with E-state index in [9.17, 15) is 4.79 Å². The number of fused-ring (bicyclic) bond motifs is 1. The van der Waals surface area contributed by atoms with Crippen molar-refractivity contribution >= 4 is 28.5 Å². The molecule has 19 heavy (non-hydrogen) atoms. The Morgan fingerprint density at radius 3 is 2.89 bits per heavy atom. The predicted octanol–water partition coefficient (Wildman–Crippen LogP) is 4.31. The van der Waals surface area contributed by atoms with E-state index >= 15 is 0 Å². The third-order valence-corrected chi connectivity index (χ3v) is 3.41. The maximum Gasteiger partial charge on any atom is 0.287 e. The molecule has 1 heterocycles.